The monoisotopic (exact) mass is 826 g/mol. The maximum atomic E-state index is 11.8. The van der Waals surface area contributed by atoms with Crippen molar-refractivity contribution in [1.82, 2.24) is 20.3 Å². The quantitative estimate of drug-likeness (QED) is 0.0224. The normalized spacial score (nSPS) is 35.1. The number of hydrogen-bond acceptors (Lipinski definition) is 23. The number of ether oxygens (including phenoxy) is 8. The number of esters is 1. The molecule has 0 saturated carbocycles. The fourth-order valence-electron chi connectivity index (χ4n) is 6.04. The Morgan fingerprint density at radius 2 is 1.70 bits per heavy atom. The van der Waals surface area contributed by atoms with Gasteiger partial charge in [0.2, 0.25) is 6.29 Å². The lowest BCUT2D eigenvalue weighted by Gasteiger charge is -2.46. The highest BCUT2D eigenvalue weighted by molar-refractivity contribution is 5.71. The first-order valence-electron chi connectivity index (χ1n) is 18.3. The minimum atomic E-state index is -1.87. The third kappa shape index (κ3) is 12.8. The van der Waals surface area contributed by atoms with E-state index in [0.29, 0.717) is 12.2 Å². The summed E-state index contributed by atoms with van der Waals surface area (Å²) < 4.78 is 44.6. The molecule has 0 aromatic carbocycles. The highest BCUT2D eigenvalue weighted by atomic mass is 16.8. The highest BCUT2D eigenvalue weighted by Crippen LogP contribution is 2.32. The Morgan fingerprint density at radius 3 is 2.40 bits per heavy atom. The fraction of sp³-hybridized carbons (Fsp3) is 0.818. The first-order chi connectivity index (χ1) is 27.3. The summed E-state index contributed by atoms with van der Waals surface area (Å²) in [7, 11) is 0. The van der Waals surface area contributed by atoms with Crippen LogP contribution in [0.15, 0.2) is 18.3 Å². The summed E-state index contributed by atoms with van der Waals surface area (Å²) in [5.41, 5.74) is 0.433. The topological polar surface area (TPSA) is 353 Å². The molecule has 1 aromatic rings. The lowest BCUT2D eigenvalue weighted by atomic mass is 9.94. The number of aliphatic hydroxyl groups excluding tert-OH is 10. The standard InChI is InChI=1S/C33H54N4O20/c1-2-3-4-5-22(43)50-12-16-9-37(36-35-16)7-6-34-8-18(41)24(45)20(11-39)54-31-28(49)26(47)21(14-52-31)55-33-29(25(46)19(42)13-51-33)56-32-27(48)23(44)17(10-38)30(57-32)53-15-40/h3-4,9,15,17-21,23-34,38-39,41-42,44-49H,2,5-8,10-14H2,1H3/b4-3+/t17-,18?,19+,20?,21+,23-,24?,25?,26-,27?,28?,29?,30?,31-,32-,33-/m0/s1. The predicted octanol–water partition coefficient (Wildman–Crippen LogP) is -6.52. The van der Waals surface area contributed by atoms with Crippen LogP contribution in [0, 0.1) is 5.92 Å². The van der Waals surface area contributed by atoms with E-state index >= 15 is 0 Å². The summed E-state index contributed by atoms with van der Waals surface area (Å²) in [6.45, 7) is -0.311. The van der Waals surface area contributed by atoms with Crippen LogP contribution >= 0.6 is 0 Å². The fourth-order valence-corrected chi connectivity index (χ4v) is 6.04. The molecule has 0 bridgehead atoms. The molecule has 8 unspecified atom stereocenters. The van der Waals surface area contributed by atoms with Crippen LogP contribution in [0.1, 0.15) is 25.5 Å². The Labute approximate surface area is 326 Å². The van der Waals surface area contributed by atoms with Gasteiger partial charge in [-0.25, -0.2) is 0 Å². The third-order valence-corrected chi connectivity index (χ3v) is 9.34. The first-order valence-corrected chi connectivity index (χ1v) is 18.3. The van der Waals surface area contributed by atoms with Gasteiger partial charge in [-0.3, -0.25) is 14.3 Å². The maximum absolute atomic E-state index is 11.8. The van der Waals surface area contributed by atoms with Gasteiger partial charge in [0.25, 0.3) is 6.47 Å². The van der Waals surface area contributed by atoms with Gasteiger partial charge in [-0.05, 0) is 6.42 Å². The van der Waals surface area contributed by atoms with E-state index in [-0.39, 0.29) is 32.6 Å². The van der Waals surface area contributed by atoms with Crippen molar-refractivity contribution in [3.05, 3.63) is 24.0 Å². The van der Waals surface area contributed by atoms with Gasteiger partial charge in [0.15, 0.2) is 18.9 Å². The van der Waals surface area contributed by atoms with Crippen LogP contribution in [0.2, 0.25) is 0 Å². The van der Waals surface area contributed by atoms with Crippen LogP contribution in [0.4, 0.5) is 0 Å². The number of allylic oxidation sites excluding steroid dienone is 1. The molecule has 0 amide bonds. The second-order valence-corrected chi connectivity index (χ2v) is 13.5. The Kier molecular flexibility index (Phi) is 18.9. The minimum Gasteiger partial charge on any atom is -0.459 e. The molecule has 3 fully saturated rings. The van der Waals surface area contributed by atoms with Crippen molar-refractivity contribution in [2.24, 2.45) is 5.92 Å². The van der Waals surface area contributed by atoms with E-state index in [4.69, 9.17) is 37.9 Å². The van der Waals surface area contributed by atoms with Crippen LogP contribution in [0.25, 0.3) is 0 Å². The summed E-state index contributed by atoms with van der Waals surface area (Å²) in [5.74, 6) is -1.66. The molecular weight excluding hydrogens is 772 g/mol. The molecule has 4 rings (SSSR count). The second-order valence-electron chi connectivity index (χ2n) is 13.5. The van der Waals surface area contributed by atoms with Crippen molar-refractivity contribution in [1.29, 1.82) is 0 Å². The van der Waals surface area contributed by atoms with Crippen LogP contribution in [0.5, 0.6) is 0 Å². The van der Waals surface area contributed by atoms with E-state index in [1.54, 1.807) is 12.3 Å². The van der Waals surface area contributed by atoms with Gasteiger partial charge in [-0.15, -0.1) is 5.10 Å². The summed E-state index contributed by atoms with van der Waals surface area (Å²) in [6, 6.07) is 0. The van der Waals surface area contributed by atoms with Crippen LogP contribution < -0.4 is 5.32 Å². The molecule has 326 valence electrons. The van der Waals surface area contributed by atoms with Crippen molar-refractivity contribution in [2.45, 2.75) is 125 Å². The van der Waals surface area contributed by atoms with Gasteiger partial charge in [0.05, 0.1) is 63.7 Å². The smallest absolute Gasteiger partial charge is 0.310 e. The number of aromatic nitrogens is 3. The molecule has 0 radical (unpaired) electrons. The van der Waals surface area contributed by atoms with Gasteiger partial charge in [-0.2, -0.15) is 0 Å². The van der Waals surface area contributed by atoms with Crippen LogP contribution in [0.3, 0.4) is 0 Å². The van der Waals surface area contributed by atoms with Gasteiger partial charge < -0.3 is 94.3 Å². The molecule has 24 nitrogen and oxygen atoms in total. The Bertz CT molecular complexity index is 1380. The van der Waals surface area contributed by atoms with Crippen molar-refractivity contribution in [3.63, 3.8) is 0 Å². The SMILES string of the molecule is CC/C=C/CC(=O)OCc1cn(CCNCC(O)C(O)C(CO)O[C@@H]2OC[C@@H](O[C@@H]3OC[C@@H](O)C(O)C3O[C@H]3OC(OC=O)[C@@H](CO)[C@H](O)C3O)[C@H](O)C2O)nn1. The van der Waals surface area contributed by atoms with Gasteiger partial charge in [0.1, 0.15) is 67.2 Å². The summed E-state index contributed by atoms with van der Waals surface area (Å²) in [6.07, 6.45) is -18.9. The second kappa shape index (κ2) is 23.1. The zero-order valence-corrected chi connectivity index (χ0v) is 31.0. The molecular formula is C33H54N4O20. The van der Waals surface area contributed by atoms with Gasteiger partial charge >= 0.3 is 5.97 Å². The van der Waals surface area contributed by atoms with E-state index in [1.165, 1.54) is 4.68 Å². The van der Waals surface area contributed by atoms with Crippen molar-refractivity contribution in [2.75, 3.05) is 39.5 Å². The van der Waals surface area contributed by atoms with E-state index in [9.17, 15) is 60.7 Å². The lowest BCUT2D eigenvalue weighted by Crippen LogP contribution is -2.63. The van der Waals surface area contributed by atoms with Crippen LogP contribution in [-0.2, 0) is 60.6 Å². The van der Waals surface area contributed by atoms with Crippen molar-refractivity contribution < 1.29 is 98.5 Å². The first kappa shape index (κ1) is 46.8. The number of hydrogen-bond donors (Lipinski definition) is 11. The zero-order chi connectivity index (χ0) is 41.6. The van der Waals surface area contributed by atoms with E-state index in [2.05, 4.69) is 15.6 Å². The van der Waals surface area contributed by atoms with E-state index in [1.807, 2.05) is 13.0 Å². The minimum absolute atomic E-state index is 0.0169. The molecule has 3 aliphatic heterocycles. The van der Waals surface area contributed by atoms with E-state index in [0.717, 1.165) is 6.42 Å². The molecule has 11 N–H and O–H groups in total. The number of carbonyl (C=O) groups is 2. The summed E-state index contributed by atoms with van der Waals surface area (Å²) in [4.78, 5) is 22.7. The molecule has 24 heteroatoms. The van der Waals surface area contributed by atoms with Gasteiger partial charge in [0, 0.05) is 13.1 Å². The third-order valence-electron chi connectivity index (χ3n) is 9.34. The Hall–Kier alpha value is -2.86. The molecule has 0 aliphatic carbocycles. The number of nitrogens with one attached hydrogen (secondary N) is 1. The molecule has 16 atom stereocenters. The molecule has 57 heavy (non-hydrogen) atoms. The van der Waals surface area contributed by atoms with Crippen molar-refractivity contribution >= 4 is 12.4 Å². The largest absolute Gasteiger partial charge is 0.459 e. The number of carbonyl (C=O) groups excluding carboxylic acids is 2. The zero-order valence-electron chi connectivity index (χ0n) is 31.0. The summed E-state index contributed by atoms with van der Waals surface area (Å²) in [5, 5.41) is 115. The average molecular weight is 827 g/mol. The molecule has 4 heterocycles. The number of aliphatic hydroxyl groups is 10. The average Bonchev–Trinajstić information content (AvgIpc) is 3.66. The molecule has 3 aliphatic rings. The van der Waals surface area contributed by atoms with E-state index < -0.39 is 131 Å². The molecule has 1 aromatic heterocycles. The maximum Gasteiger partial charge on any atom is 0.310 e. The highest BCUT2D eigenvalue weighted by Gasteiger charge is 2.51. The predicted molar refractivity (Wildman–Crippen MR) is 182 cm³/mol. The summed E-state index contributed by atoms with van der Waals surface area (Å²) >= 11 is 0. The van der Waals surface area contributed by atoms with Crippen LogP contribution in [-0.4, -0.2) is 210 Å². The lowest BCUT2D eigenvalue weighted by molar-refractivity contribution is -0.384. The number of rotatable bonds is 22. The van der Waals surface area contributed by atoms with Crippen molar-refractivity contribution in [3.8, 4) is 0 Å². The molecule has 3 saturated heterocycles. The van der Waals surface area contributed by atoms with Gasteiger partial charge in [-0.1, -0.05) is 24.3 Å². The Balaban J connectivity index is 1.24. The molecule has 0 spiro atoms. The number of nitrogens with zero attached hydrogens (tertiary/aromatic N) is 3. The Morgan fingerprint density at radius 1 is 0.965 bits per heavy atom.